The zero-order chi connectivity index (χ0) is 15.5. The number of nitriles is 1. The average molecular weight is 324 g/mol. The highest BCUT2D eigenvalue weighted by molar-refractivity contribution is 7.92. The van der Waals surface area contributed by atoms with Crippen LogP contribution in [0.15, 0.2) is 41.4 Å². The van der Waals surface area contributed by atoms with E-state index in [1.165, 1.54) is 31.4 Å². The molecule has 0 fully saturated rings. The molecule has 0 radical (unpaired) electrons. The Bertz CT molecular complexity index is 798. The Hall–Kier alpha value is -2.30. The van der Waals surface area contributed by atoms with Gasteiger partial charge in [0.05, 0.1) is 17.8 Å². The lowest BCUT2D eigenvalue weighted by Crippen LogP contribution is -2.13. The van der Waals surface area contributed by atoms with Crippen molar-refractivity contribution in [3.8, 4) is 11.8 Å². The van der Waals surface area contributed by atoms with E-state index in [-0.39, 0.29) is 15.6 Å². The van der Waals surface area contributed by atoms with Crippen LogP contribution in [0, 0.1) is 11.3 Å². The summed E-state index contributed by atoms with van der Waals surface area (Å²) in [4.78, 5) is 3.68. The molecule has 0 spiro atoms. The Labute approximate surface area is 127 Å². The molecule has 0 aliphatic rings. The van der Waals surface area contributed by atoms with Gasteiger partial charge in [0, 0.05) is 6.20 Å². The van der Waals surface area contributed by atoms with Gasteiger partial charge in [-0.15, -0.1) is 0 Å². The van der Waals surface area contributed by atoms with E-state index in [0.29, 0.717) is 11.4 Å². The molecule has 21 heavy (non-hydrogen) atoms. The second-order valence-corrected chi connectivity index (χ2v) is 6.04. The summed E-state index contributed by atoms with van der Waals surface area (Å²) in [6.07, 6.45) is 1.12. The molecule has 0 saturated heterocycles. The maximum absolute atomic E-state index is 12.2. The fourth-order valence-electron chi connectivity index (χ4n) is 1.55. The monoisotopic (exact) mass is 323 g/mol. The predicted octanol–water partition coefficient (Wildman–Crippen LogP) is 2.42. The summed E-state index contributed by atoms with van der Waals surface area (Å²) in [6, 6.07) is 8.97. The Morgan fingerprint density at radius 2 is 2.10 bits per heavy atom. The lowest BCUT2D eigenvalue weighted by molar-refractivity contribution is 0.415. The van der Waals surface area contributed by atoms with Gasteiger partial charge in [-0.25, -0.2) is 13.4 Å². The second kappa shape index (κ2) is 5.99. The van der Waals surface area contributed by atoms with Crippen LogP contribution in [0.1, 0.15) is 5.69 Å². The maximum atomic E-state index is 12.2. The minimum absolute atomic E-state index is 0.0477. The van der Waals surface area contributed by atoms with E-state index in [2.05, 4.69) is 9.71 Å². The Morgan fingerprint density at radius 1 is 1.33 bits per heavy atom. The Balaban J connectivity index is 2.28. The number of benzene rings is 1. The number of hydrogen-bond donors (Lipinski definition) is 1. The van der Waals surface area contributed by atoms with Crippen molar-refractivity contribution in [3.63, 3.8) is 0 Å². The van der Waals surface area contributed by atoms with Gasteiger partial charge in [0.15, 0.2) is 0 Å². The summed E-state index contributed by atoms with van der Waals surface area (Å²) >= 11 is 5.94. The molecule has 0 atom stereocenters. The van der Waals surface area contributed by atoms with Crippen LogP contribution in [0.5, 0.6) is 5.75 Å². The third kappa shape index (κ3) is 3.42. The molecule has 0 saturated carbocycles. The SMILES string of the molecule is COc1ccc(NS(=O)(=O)c2ccc(C#N)nc2)cc1Cl. The summed E-state index contributed by atoms with van der Waals surface area (Å²) in [5, 5.41) is 8.93. The summed E-state index contributed by atoms with van der Waals surface area (Å²) < 4.78 is 31.7. The van der Waals surface area contributed by atoms with Crippen molar-refractivity contribution in [2.24, 2.45) is 0 Å². The highest BCUT2D eigenvalue weighted by Crippen LogP contribution is 2.28. The van der Waals surface area contributed by atoms with Crippen molar-refractivity contribution < 1.29 is 13.2 Å². The zero-order valence-electron chi connectivity index (χ0n) is 10.9. The minimum atomic E-state index is -3.80. The van der Waals surface area contributed by atoms with Gasteiger partial charge in [0.25, 0.3) is 10.0 Å². The first kappa shape index (κ1) is 15.1. The van der Waals surface area contributed by atoms with Crippen LogP contribution in [-0.4, -0.2) is 20.5 Å². The summed E-state index contributed by atoms with van der Waals surface area (Å²) in [5.74, 6) is 0.444. The third-order valence-corrected chi connectivity index (χ3v) is 4.23. The van der Waals surface area contributed by atoms with Gasteiger partial charge in [-0.05, 0) is 30.3 Å². The molecule has 108 valence electrons. The normalized spacial score (nSPS) is 10.7. The fourth-order valence-corrected chi connectivity index (χ4v) is 2.80. The first-order valence-corrected chi connectivity index (χ1v) is 7.55. The van der Waals surface area contributed by atoms with Gasteiger partial charge in [-0.1, -0.05) is 11.6 Å². The van der Waals surface area contributed by atoms with Crippen LogP contribution in [0.4, 0.5) is 5.69 Å². The number of nitrogens with zero attached hydrogens (tertiary/aromatic N) is 2. The van der Waals surface area contributed by atoms with Gasteiger partial charge in [-0.3, -0.25) is 4.72 Å². The number of pyridine rings is 1. The topological polar surface area (TPSA) is 92.1 Å². The smallest absolute Gasteiger partial charge is 0.263 e. The van der Waals surface area contributed by atoms with Gasteiger partial charge >= 0.3 is 0 Å². The number of hydrogen-bond acceptors (Lipinski definition) is 5. The Kier molecular flexibility index (Phi) is 4.31. The van der Waals surface area contributed by atoms with Crippen LogP contribution in [0.3, 0.4) is 0 Å². The van der Waals surface area contributed by atoms with Crippen molar-refractivity contribution in [2.45, 2.75) is 4.90 Å². The number of halogens is 1. The first-order chi connectivity index (χ1) is 9.96. The quantitative estimate of drug-likeness (QED) is 0.932. The lowest BCUT2D eigenvalue weighted by atomic mass is 10.3. The molecule has 1 aromatic carbocycles. The number of anilines is 1. The molecule has 8 heteroatoms. The molecular formula is C13H10ClN3O3S. The number of sulfonamides is 1. The second-order valence-electron chi connectivity index (χ2n) is 3.95. The van der Waals surface area contributed by atoms with Gasteiger partial charge in [0.2, 0.25) is 0 Å². The maximum Gasteiger partial charge on any atom is 0.263 e. The molecule has 0 amide bonds. The van der Waals surface area contributed by atoms with Crippen molar-refractivity contribution >= 4 is 27.3 Å². The highest BCUT2D eigenvalue weighted by Gasteiger charge is 2.15. The summed E-state index contributed by atoms with van der Waals surface area (Å²) in [5.41, 5.74) is 0.437. The van der Waals surface area contributed by atoms with E-state index in [4.69, 9.17) is 21.6 Å². The fraction of sp³-hybridized carbons (Fsp3) is 0.0769. The molecule has 0 aliphatic heterocycles. The van der Waals surface area contributed by atoms with Crippen LogP contribution in [-0.2, 0) is 10.0 Å². The molecule has 1 aromatic heterocycles. The highest BCUT2D eigenvalue weighted by atomic mass is 35.5. The van der Waals surface area contributed by atoms with Gasteiger partial charge in [0.1, 0.15) is 22.4 Å². The van der Waals surface area contributed by atoms with Crippen molar-refractivity contribution in [1.29, 1.82) is 5.26 Å². The van der Waals surface area contributed by atoms with Crippen LogP contribution in [0.2, 0.25) is 5.02 Å². The van der Waals surface area contributed by atoms with Crippen molar-refractivity contribution in [3.05, 3.63) is 47.2 Å². The molecule has 0 unspecified atom stereocenters. The number of nitrogens with one attached hydrogen (secondary N) is 1. The van der Waals surface area contributed by atoms with Gasteiger partial charge < -0.3 is 4.74 Å². The molecule has 1 heterocycles. The summed E-state index contributed by atoms with van der Waals surface area (Å²) in [6.45, 7) is 0. The van der Waals surface area contributed by atoms with Crippen molar-refractivity contribution in [2.75, 3.05) is 11.8 Å². The number of methoxy groups -OCH3 is 1. The molecule has 6 nitrogen and oxygen atoms in total. The van der Waals surface area contributed by atoms with E-state index >= 15 is 0 Å². The van der Waals surface area contributed by atoms with Crippen LogP contribution >= 0.6 is 11.6 Å². The number of rotatable bonds is 4. The van der Waals surface area contributed by atoms with Crippen molar-refractivity contribution in [1.82, 2.24) is 4.98 Å². The summed E-state index contributed by atoms with van der Waals surface area (Å²) in [7, 11) is -2.33. The molecule has 0 aliphatic carbocycles. The van der Waals surface area contributed by atoms with E-state index in [1.54, 1.807) is 6.07 Å². The standard InChI is InChI=1S/C13H10ClN3O3S/c1-20-13-5-3-9(6-12(13)14)17-21(18,19)11-4-2-10(7-15)16-8-11/h2-6,8,17H,1H3. The molecule has 2 rings (SSSR count). The molecule has 1 N–H and O–H groups in total. The third-order valence-electron chi connectivity index (χ3n) is 2.57. The van der Waals surface area contributed by atoms with E-state index in [9.17, 15) is 8.42 Å². The van der Waals surface area contributed by atoms with E-state index in [0.717, 1.165) is 6.20 Å². The van der Waals surface area contributed by atoms with Gasteiger partial charge in [-0.2, -0.15) is 5.26 Å². The predicted molar refractivity (Wildman–Crippen MR) is 77.8 cm³/mol. The first-order valence-electron chi connectivity index (χ1n) is 5.69. The lowest BCUT2D eigenvalue weighted by Gasteiger charge is -2.09. The number of aromatic nitrogens is 1. The van der Waals surface area contributed by atoms with Crippen LogP contribution < -0.4 is 9.46 Å². The minimum Gasteiger partial charge on any atom is -0.495 e. The van der Waals surface area contributed by atoms with E-state index in [1.807, 2.05) is 6.07 Å². The Morgan fingerprint density at radius 3 is 2.62 bits per heavy atom. The number of ether oxygens (including phenoxy) is 1. The van der Waals surface area contributed by atoms with Crippen LogP contribution in [0.25, 0.3) is 0 Å². The molecule has 0 bridgehead atoms. The largest absolute Gasteiger partial charge is 0.495 e. The molecule has 2 aromatic rings. The zero-order valence-corrected chi connectivity index (χ0v) is 12.4. The molecular weight excluding hydrogens is 314 g/mol. The van der Waals surface area contributed by atoms with E-state index < -0.39 is 10.0 Å². The average Bonchev–Trinajstić information content (AvgIpc) is 2.47.